The molecule has 0 atom stereocenters. The summed E-state index contributed by atoms with van der Waals surface area (Å²) in [6.45, 7) is 19.9. The van der Waals surface area contributed by atoms with Crippen molar-refractivity contribution in [3.8, 4) is 0 Å². The first-order valence-corrected chi connectivity index (χ1v) is 23.4. The molecule has 0 aromatic heterocycles. The molecule has 48 heavy (non-hydrogen) atoms. The molecule has 0 saturated heterocycles. The summed E-state index contributed by atoms with van der Waals surface area (Å²) >= 11 is 0. The molecule has 6 saturated carbocycles. The second-order valence-corrected chi connectivity index (χ2v) is 17.5. The lowest BCUT2D eigenvalue weighted by Crippen LogP contribution is -2.15. The van der Waals surface area contributed by atoms with Crippen molar-refractivity contribution in [2.75, 3.05) is 0 Å². The molecule has 0 aliphatic heterocycles. The second kappa shape index (κ2) is 35.4. The molecule has 0 aromatic rings. The van der Waals surface area contributed by atoms with E-state index in [0.29, 0.717) is 0 Å². The van der Waals surface area contributed by atoms with Crippen LogP contribution in [-0.2, 0) is 0 Å². The van der Waals surface area contributed by atoms with Gasteiger partial charge in [-0.15, -0.1) is 0 Å². The van der Waals surface area contributed by atoms with Gasteiger partial charge in [-0.25, -0.2) is 0 Å². The lowest BCUT2D eigenvalue weighted by molar-refractivity contribution is 0.250. The minimum Gasteiger partial charge on any atom is -0.0683 e. The van der Waals surface area contributed by atoms with Crippen LogP contribution in [0.2, 0.25) is 0 Å². The molecule has 0 N–H and O–H groups in total. The smallest absolute Gasteiger partial charge is 0.0386 e. The molecule has 6 aliphatic rings. The van der Waals surface area contributed by atoms with Crippen molar-refractivity contribution < 1.29 is 0 Å². The average molecular weight is 675 g/mol. The zero-order chi connectivity index (χ0) is 35.7. The van der Waals surface area contributed by atoms with Crippen LogP contribution in [0.15, 0.2) is 0 Å². The quantitative estimate of drug-likeness (QED) is 0.260. The topological polar surface area (TPSA) is 0 Å². The molecule has 0 bridgehead atoms. The summed E-state index contributed by atoms with van der Waals surface area (Å²) in [5, 5.41) is 0. The number of hydrogen-bond acceptors (Lipinski definition) is 0. The van der Waals surface area contributed by atoms with E-state index < -0.39 is 0 Å². The minimum absolute atomic E-state index is 1.01. The van der Waals surface area contributed by atoms with Crippen molar-refractivity contribution in [2.45, 2.75) is 268 Å². The number of hydrogen-bond donors (Lipinski definition) is 0. The molecule has 0 spiro atoms. The lowest BCUT2D eigenvalue weighted by atomic mass is 9.79. The fraction of sp³-hybridized carbons (Fsp3) is 1.00. The first-order valence-electron chi connectivity index (χ1n) is 23.4. The molecule has 0 amide bonds. The van der Waals surface area contributed by atoms with E-state index in [0.717, 1.165) is 41.4 Å². The summed E-state index contributed by atoms with van der Waals surface area (Å²) in [5.74, 6) is 7.39. The largest absolute Gasteiger partial charge is 0.0683 e. The Labute approximate surface area is 308 Å². The van der Waals surface area contributed by atoms with Crippen molar-refractivity contribution in [3.63, 3.8) is 0 Å². The van der Waals surface area contributed by atoms with Crippen LogP contribution in [0.25, 0.3) is 0 Å². The van der Waals surface area contributed by atoms with Gasteiger partial charge in [-0.2, -0.15) is 0 Å². The molecule has 0 nitrogen and oxygen atoms in total. The van der Waals surface area contributed by atoms with E-state index in [1.807, 2.05) is 27.7 Å². The van der Waals surface area contributed by atoms with Crippen LogP contribution in [0, 0.1) is 41.4 Å². The maximum absolute atomic E-state index is 2.44. The van der Waals surface area contributed by atoms with E-state index in [1.54, 1.807) is 25.7 Å². The molecular weight excluding hydrogens is 577 g/mol. The van der Waals surface area contributed by atoms with Gasteiger partial charge in [0.05, 0.1) is 0 Å². The Kier molecular flexibility index (Phi) is 35.4. The molecular formula is C48H98. The van der Waals surface area contributed by atoms with Crippen molar-refractivity contribution in [3.05, 3.63) is 0 Å². The fourth-order valence-corrected chi connectivity index (χ4v) is 9.23. The summed E-state index contributed by atoms with van der Waals surface area (Å²) in [6.07, 6.45) is 48.0. The van der Waals surface area contributed by atoms with Crippen LogP contribution in [0.5, 0.6) is 0 Å². The van der Waals surface area contributed by atoms with Crippen molar-refractivity contribution in [1.82, 2.24) is 0 Å². The summed E-state index contributed by atoms with van der Waals surface area (Å²) in [4.78, 5) is 0. The van der Waals surface area contributed by atoms with E-state index in [-0.39, 0.29) is 0 Å². The molecule has 0 heteroatoms. The molecule has 0 unspecified atom stereocenters. The molecule has 0 heterocycles. The highest BCUT2D eigenvalue weighted by molar-refractivity contribution is 4.77. The van der Waals surface area contributed by atoms with Crippen LogP contribution in [0.1, 0.15) is 268 Å². The first-order chi connectivity index (χ1) is 23.4. The van der Waals surface area contributed by atoms with Crippen molar-refractivity contribution in [1.29, 1.82) is 0 Å². The van der Waals surface area contributed by atoms with Crippen LogP contribution in [0.3, 0.4) is 0 Å². The molecule has 0 radical (unpaired) electrons. The SMILES string of the molecule is CC.CC.CC1CCCC(C2CCCC2)CCC1.CC1CCCC1.CC1CCCC1.CC1CCCCCCC1.CC1CCCCCCC1. The van der Waals surface area contributed by atoms with Gasteiger partial charge in [-0.3, -0.25) is 0 Å². The molecule has 0 aromatic carbocycles. The third-order valence-electron chi connectivity index (χ3n) is 12.7. The average Bonchev–Trinajstić information content (AvgIpc) is 3.88. The highest BCUT2D eigenvalue weighted by Gasteiger charge is 2.25. The summed E-state index contributed by atoms with van der Waals surface area (Å²) in [6, 6.07) is 0. The molecule has 6 fully saturated rings. The van der Waals surface area contributed by atoms with Gasteiger partial charge in [-0.1, -0.05) is 268 Å². The van der Waals surface area contributed by atoms with Gasteiger partial charge in [0.1, 0.15) is 0 Å². The van der Waals surface area contributed by atoms with Crippen molar-refractivity contribution in [2.24, 2.45) is 41.4 Å². The Morgan fingerprint density at radius 2 is 0.333 bits per heavy atom. The van der Waals surface area contributed by atoms with Gasteiger partial charge in [0.25, 0.3) is 0 Å². The summed E-state index contributed by atoms with van der Waals surface area (Å²) in [5.41, 5.74) is 0. The Morgan fingerprint density at radius 3 is 0.562 bits per heavy atom. The van der Waals surface area contributed by atoms with Gasteiger partial charge in [-0.05, 0) is 41.4 Å². The zero-order valence-electron chi connectivity index (χ0n) is 35.7. The maximum Gasteiger partial charge on any atom is -0.0386 e. The highest BCUT2D eigenvalue weighted by atomic mass is 14.3. The van der Waals surface area contributed by atoms with E-state index in [1.165, 1.54) is 180 Å². The maximum atomic E-state index is 2.44. The zero-order valence-corrected chi connectivity index (χ0v) is 35.7. The van der Waals surface area contributed by atoms with Gasteiger partial charge in [0.15, 0.2) is 0 Å². The standard InChI is InChI=1S/C14H26.2C9H18.2C6H12.2C2H6/c1-12-6-4-10-14(11-5-7-12)13-8-2-3-9-13;2*1-9-7-5-3-2-4-6-8-9;2*1-6-4-2-3-5-6;2*1-2/h12-14H,2-11H2,1H3;2*9H,2-8H2,1H3;2*6H,2-5H2,1H3;2*1-2H3. The van der Waals surface area contributed by atoms with Crippen molar-refractivity contribution >= 4 is 0 Å². The van der Waals surface area contributed by atoms with E-state index in [9.17, 15) is 0 Å². The first kappa shape index (κ1) is 48.0. The normalized spacial score (nSPS) is 26.7. The fourth-order valence-electron chi connectivity index (χ4n) is 9.23. The molecule has 6 aliphatic carbocycles. The van der Waals surface area contributed by atoms with Crippen LogP contribution in [-0.4, -0.2) is 0 Å². The summed E-state index contributed by atoms with van der Waals surface area (Å²) in [7, 11) is 0. The lowest BCUT2D eigenvalue weighted by Gasteiger charge is -2.27. The highest BCUT2D eigenvalue weighted by Crippen LogP contribution is 2.38. The van der Waals surface area contributed by atoms with Crippen LogP contribution < -0.4 is 0 Å². The number of rotatable bonds is 1. The Hall–Kier alpha value is 0. The third kappa shape index (κ3) is 28.7. The van der Waals surface area contributed by atoms with E-state index in [4.69, 9.17) is 0 Å². The predicted octanol–water partition coefficient (Wildman–Crippen LogP) is 18.0. The molecule has 290 valence electrons. The summed E-state index contributed by atoms with van der Waals surface area (Å²) < 4.78 is 0. The van der Waals surface area contributed by atoms with Gasteiger partial charge >= 0.3 is 0 Å². The van der Waals surface area contributed by atoms with E-state index >= 15 is 0 Å². The van der Waals surface area contributed by atoms with E-state index in [2.05, 4.69) is 34.6 Å². The predicted molar refractivity (Wildman–Crippen MR) is 223 cm³/mol. The Morgan fingerprint density at radius 1 is 0.188 bits per heavy atom. The van der Waals surface area contributed by atoms with Crippen LogP contribution in [0.4, 0.5) is 0 Å². The Bertz CT molecular complexity index is 529. The monoisotopic (exact) mass is 675 g/mol. The van der Waals surface area contributed by atoms with Gasteiger partial charge in [0.2, 0.25) is 0 Å². The molecule has 6 rings (SSSR count). The third-order valence-corrected chi connectivity index (χ3v) is 12.7. The van der Waals surface area contributed by atoms with Gasteiger partial charge < -0.3 is 0 Å². The van der Waals surface area contributed by atoms with Crippen LogP contribution >= 0.6 is 0 Å². The van der Waals surface area contributed by atoms with Gasteiger partial charge in [0, 0.05) is 0 Å². The second-order valence-electron chi connectivity index (χ2n) is 17.5. The minimum atomic E-state index is 1.01. The Balaban J connectivity index is 0.000000579.